The second-order valence-electron chi connectivity index (χ2n) is 7.83. The van der Waals surface area contributed by atoms with Crippen LogP contribution in [0.2, 0.25) is 5.54 Å². The van der Waals surface area contributed by atoms with E-state index in [1.807, 2.05) is 0 Å². The first-order chi connectivity index (χ1) is 12.8. The topological polar surface area (TPSA) is 18.5 Å². The van der Waals surface area contributed by atoms with Gasteiger partial charge in [0.15, 0.2) is 0 Å². The molecule has 0 aromatic heterocycles. The van der Waals surface area contributed by atoms with E-state index in [0.717, 1.165) is 13.2 Å². The summed E-state index contributed by atoms with van der Waals surface area (Å²) in [5, 5.41) is 0. The van der Waals surface area contributed by atoms with E-state index in [1.165, 1.54) is 103 Å². The molecule has 0 aliphatic carbocycles. The standard InChI is InChI=1S/C23H50O2Si/c1-5-9-10-11-12-13-14-15-16-17-18-19-20-21-22-23(6-2)26(24-7-3)25-8-4/h23,26H,5-22H2,1-4H3. The molecule has 0 aliphatic rings. The van der Waals surface area contributed by atoms with E-state index in [4.69, 9.17) is 8.85 Å². The lowest BCUT2D eigenvalue weighted by atomic mass is 10.0. The van der Waals surface area contributed by atoms with Crippen LogP contribution in [-0.4, -0.2) is 22.5 Å². The molecule has 0 N–H and O–H groups in total. The highest BCUT2D eigenvalue weighted by atomic mass is 28.3. The highest BCUT2D eigenvalue weighted by Gasteiger charge is 2.23. The van der Waals surface area contributed by atoms with Crippen molar-refractivity contribution in [2.24, 2.45) is 0 Å². The second kappa shape index (κ2) is 21.4. The van der Waals surface area contributed by atoms with Gasteiger partial charge < -0.3 is 8.85 Å². The van der Waals surface area contributed by atoms with Crippen molar-refractivity contribution in [3.05, 3.63) is 0 Å². The Morgan fingerprint density at radius 2 is 0.923 bits per heavy atom. The first-order valence-corrected chi connectivity index (χ1v) is 13.6. The lowest BCUT2D eigenvalue weighted by Gasteiger charge is -2.23. The maximum absolute atomic E-state index is 5.92. The SMILES string of the molecule is CCCCCCCCCCCCCCCCC(CC)[SiH](OCC)OCC. The smallest absolute Gasteiger partial charge is 0.324 e. The van der Waals surface area contributed by atoms with Crippen molar-refractivity contribution < 1.29 is 8.85 Å². The Hall–Kier alpha value is 0.137. The van der Waals surface area contributed by atoms with Crippen LogP contribution in [0.3, 0.4) is 0 Å². The third kappa shape index (κ3) is 16.3. The van der Waals surface area contributed by atoms with Crippen molar-refractivity contribution >= 4 is 9.28 Å². The molecule has 0 aromatic carbocycles. The first-order valence-electron chi connectivity index (χ1n) is 12.0. The van der Waals surface area contributed by atoms with E-state index in [9.17, 15) is 0 Å². The molecule has 0 radical (unpaired) electrons. The predicted molar refractivity (Wildman–Crippen MR) is 119 cm³/mol. The Kier molecular flexibility index (Phi) is 21.5. The highest BCUT2D eigenvalue weighted by molar-refractivity contribution is 6.46. The number of hydrogen-bond donors (Lipinski definition) is 0. The molecule has 0 fully saturated rings. The average Bonchev–Trinajstić information content (AvgIpc) is 2.65. The summed E-state index contributed by atoms with van der Waals surface area (Å²) >= 11 is 0. The molecule has 0 saturated heterocycles. The molecule has 0 aliphatic heterocycles. The summed E-state index contributed by atoms with van der Waals surface area (Å²) in [5.74, 6) is 0. The molecule has 0 saturated carbocycles. The average molecular weight is 387 g/mol. The van der Waals surface area contributed by atoms with Crippen LogP contribution in [-0.2, 0) is 8.85 Å². The minimum atomic E-state index is -1.44. The molecule has 0 rings (SSSR count). The summed E-state index contributed by atoms with van der Waals surface area (Å²) in [4.78, 5) is 0. The minimum Gasteiger partial charge on any atom is -0.397 e. The molecular weight excluding hydrogens is 336 g/mol. The zero-order chi connectivity index (χ0) is 19.3. The molecule has 1 unspecified atom stereocenters. The van der Waals surface area contributed by atoms with Crippen LogP contribution in [0.25, 0.3) is 0 Å². The number of unbranched alkanes of at least 4 members (excludes halogenated alkanes) is 13. The van der Waals surface area contributed by atoms with Gasteiger partial charge in [-0.1, -0.05) is 110 Å². The first kappa shape index (κ1) is 26.1. The molecule has 0 heterocycles. The third-order valence-corrected chi connectivity index (χ3v) is 8.40. The quantitative estimate of drug-likeness (QED) is 0.147. The fourth-order valence-corrected chi connectivity index (χ4v) is 5.97. The lowest BCUT2D eigenvalue weighted by molar-refractivity contribution is 0.200. The molecule has 0 bridgehead atoms. The number of rotatable bonds is 21. The monoisotopic (exact) mass is 386 g/mol. The van der Waals surface area contributed by atoms with Crippen molar-refractivity contribution in [3.63, 3.8) is 0 Å². The van der Waals surface area contributed by atoms with Gasteiger partial charge in [-0.25, -0.2) is 0 Å². The van der Waals surface area contributed by atoms with Crippen LogP contribution in [0.5, 0.6) is 0 Å². The fourth-order valence-electron chi connectivity index (χ4n) is 3.78. The summed E-state index contributed by atoms with van der Waals surface area (Å²) < 4.78 is 11.8. The van der Waals surface area contributed by atoms with Gasteiger partial charge in [-0.2, -0.15) is 0 Å². The van der Waals surface area contributed by atoms with E-state index in [1.54, 1.807) is 0 Å². The summed E-state index contributed by atoms with van der Waals surface area (Å²) in [7, 11) is -1.44. The van der Waals surface area contributed by atoms with Crippen molar-refractivity contribution in [1.29, 1.82) is 0 Å². The van der Waals surface area contributed by atoms with Crippen molar-refractivity contribution in [3.8, 4) is 0 Å². The largest absolute Gasteiger partial charge is 0.397 e. The maximum atomic E-state index is 5.92. The van der Waals surface area contributed by atoms with Crippen LogP contribution in [0.4, 0.5) is 0 Å². The summed E-state index contributed by atoms with van der Waals surface area (Å²) in [5.41, 5.74) is 0.701. The van der Waals surface area contributed by atoms with Gasteiger partial charge in [-0.3, -0.25) is 0 Å². The van der Waals surface area contributed by atoms with Gasteiger partial charge in [0, 0.05) is 13.2 Å². The van der Waals surface area contributed by atoms with Gasteiger partial charge in [0.1, 0.15) is 0 Å². The molecule has 2 nitrogen and oxygen atoms in total. The Morgan fingerprint density at radius 1 is 0.538 bits per heavy atom. The molecule has 26 heavy (non-hydrogen) atoms. The van der Waals surface area contributed by atoms with Gasteiger partial charge in [0.2, 0.25) is 0 Å². The van der Waals surface area contributed by atoms with Gasteiger partial charge >= 0.3 is 9.28 Å². The summed E-state index contributed by atoms with van der Waals surface area (Å²) in [6, 6.07) is 0. The van der Waals surface area contributed by atoms with E-state index >= 15 is 0 Å². The number of hydrogen-bond acceptors (Lipinski definition) is 2. The van der Waals surface area contributed by atoms with Gasteiger partial charge in [-0.05, 0) is 25.8 Å². The molecule has 1 atom stereocenters. The zero-order valence-electron chi connectivity index (χ0n) is 18.7. The van der Waals surface area contributed by atoms with Crippen molar-refractivity contribution in [1.82, 2.24) is 0 Å². The van der Waals surface area contributed by atoms with E-state index < -0.39 is 9.28 Å². The molecular formula is C23H50O2Si. The molecule has 0 aromatic rings. The molecule has 3 heteroatoms. The van der Waals surface area contributed by atoms with Crippen LogP contribution < -0.4 is 0 Å². The minimum absolute atomic E-state index is 0.701. The van der Waals surface area contributed by atoms with Crippen LogP contribution in [0, 0.1) is 0 Å². The highest BCUT2D eigenvalue weighted by Crippen LogP contribution is 2.25. The normalized spacial score (nSPS) is 12.8. The van der Waals surface area contributed by atoms with Gasteiger partial charge in [0.25, 0.3) is 0 Å². The van der Waals surface area contributed by atoms with Gasteiger partial charge in [0.05, 0.1) is 0 Å². The maximum Gasteiger partial charge on any atom is 0.324 e. The second-order valence-corrected chi connectivity index (χ2v) is 10.2. The van der Waals surface area contributed by atoms with E-state index in [0.29, 0.717) is 5.54 Å². The summed E-state index contributed by atoms with van der Waals surface area (Å²) in [6.07, 6.45) is 22.6. The lowest BCUT2D eigenvalue weighted by Crippen LogP contribution is -2.29. The Bertz CT molecular complexity index is 255. The molecule has 0 amide bonds. The Labute approximate surface area is 167 Å². The molecule has 0 spiro atoms. The molecule has 158 valence electrons. The van der Waals surface area contributed by atoms with Crippen LogP contribution in [0.15, 0.2) is 0 Å². The Balaban J connectivity index is 3.43. The van der Waals surface area contributed by atoms with Crippen molar-refractivity contribution in [2.45, 2.75) is 136 Å². The summed E-state index contributed by atoms with van der Waals surface area (Å²) in [6.45, 7) is 10.4. The predicted octanol–water partition coefficient (Wildman–Crippen LogP) is 7.93. The van der Waals surface area contributed by atoms with Crippen LogP contribution in [0.1, 0.15) is 130 Å². The van der Waals surface area contributed by atoms with Gasteiger partial charge in [-0.15, -0.1) is 0 Å². The fraction of sp³-hybridized carbons (Fsp3) is 1.00. The zero-order valence-corrected chi connectivity index (χ0v) is 19.9. The van der Waals surface area contributed by atoms with E-state index in [-0.39, 0.29) is 0 Å². The van der Waals surface area contributed by atoms with E-state index in [2.05, 4.69) is 27.7 Å². The Morgan fingerprint density at radius 3 is 1.27 bits per heavy atom. The van der Waals surface area contributed by atoms with Crippen LogP contribution >= 0.6 is 0 Å². The third-order valence-electron chi connectivity index (χ3n) is 5.50. The van der Waals surface area contributed by atoms with Crippen molar-refractivity contribution in [2.75, 3.05) is 13.2 Å².